The summed E-state index contributed by atoms with van der Waals surface area (Å²) >= 11 is 0. The van der Waals surface area contributed by atoms with Crippen LogP contribution in [-0.4, -0.2) is 47.9 Å². The molecule has 3 unspecified atom stereocenters. The molecular weight excluding hydrogens is 442 g/mol. The molecular formula is C29H39NO5. The number of aliphatic hydroxyl groups is 1. The van der Waals surface area contributed by atoms with E-state index < -0.39 is 23.8 Å². The number of alkyl carbamates (subject to hydrolysis) is 1. The van der Waals surface area contributed by atoms with Crippen LogP contribution < -0.4 is 5.32 Å². The topological polar surface area (TPSA) is 84.9 Å². The molecule has 0 radical (unpaired) electrons. The lowest BCUT2D eigenvalue weighted by Crippen LogP contribution is -2.48. The SMILES string of the molecule is CC(C)(C)OC(=O)NC(Cc1ccccc1)C(O)CC(Cc1ccccc1)C(=O)C1CCOCC1. The van der Waals surface area contributed by atoms with Gasteiger partial charge in [-0.1, -0.05) is 60.7 Å². The molecule has 0 bridgehead atoms. The van der Waals surface area contributed by atoms with Gasteiger partial charge >= 0.3 is 6.09 Å². The average molecular weight is 482 g/mol. The number of benzene rings is 2. The molecule has 2 aromatic carbocycles. The Morgan fingerprint density at radius 3 is 2.06 bits per heavy atom. The number of nitrogens with one attached hydrogen (secondary N) is 1. The van der Waals surface area contributed by atoms with Gasteiger partial charge in [0.05, 0.1) is 12.1 Å². The number of hydrogen-bond acceptors (Lipinski definition) is 5. The van der Waals surface area contributed by atoms with Gasteiger partial charge < -0.3 is 19.9 Å². The summed E-state index contributed by atoms with van der Waals surface area (Å²) in [7, 11) is 0. The van der Waals surface area contributed by atoms with Crippen LogP contribution in [0.15, 0.2) is 60.7 Å². The predicted octanol–water partition coefficient (Wildman–Crippen LogP) is 4.73. The van der Waals surface area contributed by atoms with Crippen molar-refractivity contribution >= 4 is 11.9 Å². The maximum atomic E-state index is 13.6. The normalized spacial score (nSPS) is 17.3. The standard InChI is InChI=1S/C29H39NO5/c1-29(2,3)35-28(33)30-25(19-22-12-8-5-9-13-22)26(31)20-24(18-21-10-6-4-7-11-21)27(32)23-14-16-34-17-15-23/h4-13,23-26,31H,14-20H2,1-3H3,(H,30,33). The van der Waals surface area contributed by atoms with E-state index in [0.717, 1.165) is 11.1 Å². The molecule has 1 aliphatic heterocycles. The zero-order valence-corrected chi connectivity index (χ0v) is 21.1. The summed E-state index contributed by atoms with van der Waals surface area (Å²) in [5, 5.41) is 14.2. The summed E-state index contributed by atoms with van der Waals surface area (Å²) in [5.41, 5.74) is 1.40. The fourth-order valence-electron chi connectivity index (χ4n) is 4.58. The lowest BCUT2D eigenvalue weighted by Gasteiger charge is -2.31. The predicted molar refractivity (Wildman–Crippen MR) is 136 cm³/mol. The van der Waals surface area contributed by atoms with E-state index in [2.05, 4.69) is 5.32 Å². The maximum absolute atomic E-state index is 13.6. The van der Waals surface area contributed by atoms with Gasteiger partial charge in [-0.3, -0.25) is 4.79 Å². The molecule has 1 fully saturated rings. The largest absolute Gasteiger partial charge is 0.444 e. The quantitative estimate of drug-likeness (QED) is 0.513. The van der Waals surface area contributed by atoms with Gasteiger partial charge in [0.15, 0.2) is 0 Å². The Bertz CT molecular complexity index is 919. The van der Waals surface area contributed by atoms with Gasteiger partial charge in [0.2, 0.25) is 0 Å². The van der Waals surface area contributed by atoms with Crippen molar-refractivity contribution in [1.82, 2.24) is 5.32 Å². The molecule has 1 saturated heterocycles. The minimum atomic E-state index is -0.916. The molecule has 3 rings (SSSR count). The van der Waals surface area contributed by atoms with Gasteiger partial charge in [-0.25, -0.2) is 4.79 Å². The van der Waals surface area contributed by atoms with Gasteiger partial charge in [-0.15, -0.1) is 0 Å². The van der Waals surface area contributed by atoms with Gasteiger partial charge in [-0.05, 0) is 64.0 Å². The van der Waals surface area contributed by atoms with Crippen molar-refractivity contribution in [2.75, 3.05) is 13.2 Å². The second-order valence-electron chi connectivity index (χ2n) is 10.4. The fraction of sp³-hybridized carbons (Fsp3) is 0.517. The highest BCUT2D eigenvalue weighted by Gasteiger charge is 2.33. The van der Waals surface area contributed by atoms with Crippen LogP contribution >= 0.6 is 0 Å². The highest BCUT2D eigenvalue weighted by Crippen LogP contribution is 2.26. The minimum Gasteiger partial charge on any atom is -0.444 e. The molecule has 6 nitrogen and oxygen atoms in total. The number of rotatable bonds is 10. The molecule has 0 aromatic heterocycles. The first-order valence-electron chi connectivity index (χ1n) is 12.6. The second kappa shape index (κ2) is 12.8. The van der Waals surface area contributed by atoms with Crippen LogP contribution in [0.5, 0.6) is 0 Å². The fourth-order valence-corrected chi connectivity index (χ4v) is 4.58. The number of Topliss-reactive ketones (excluding diaryl/α,β-unsaturated/α-hetero) is 1. The van der Waals surface area contributed by atoms with E-state index in [4.69, 9.17) is 9.47 Å². The molecule has 1 heterocycles. The molecule has 2 N–H and O–H groups in total. The van der Waals surface area contributed by atoms with Crippen LogP contribution in [0.1, 0.15) is 51.2 Å². The Morgan fingerprint density at radius 1 is 0.971 bits per heavy atom. The van der Waals surface area contributed by atoms with Crippen molar-refractivity contribution < 1.29 is 24.2 Å². The van der Waals surface area contributed by atoms with Crippen molar-refractivity contribution in [2.24, 2.45) is 11.8 Å². The Balaban J connectivity index is 1.78. The Kier molecular flexibility index (Phi) is 9.87. The van der Waals surface area contributed by atoms with Crippen molar-refractivity contribution in [3.05, 3.63) is 71.8 Å². The zero-order valence-electron chi connectivity index (χ0n) is 21.1. The van der Waals surface area contributed by atoms with E-state index in [1.807, 2.05) is 60.7 Å². The average Bonchev–Trinajstić information content (AvgIpc) is 2.83. The van der Waals surface area contributed by atoms with E-state index in [1.165, 1.54) is 0 Å². The van der Waals surface area contributed by atoms with Crippen molar-refractivity contribution in [3.8, 4) is 0 Å². The number of hydrogen-bond donors (Lipinski definition) is 2. The second-order valence-corrected chi connectivity index (χ2v) is 10.4. The summed E-state index contributed by atoms with van der Waals surface area (Å²) < 4.78 is 10.9. The molecule has 0 aliphatic carbocycles. The first-order chi connectivity index (χ1) is 16.7. The summed E-state index contributed by atoms with van der Waals surface area (Å²) in [4.78, 5) is 26.1. The van der Waals surface area contributed by atoms with Gasteiger partial charge in [0.25, 0.3) is 0 Å². The Hall–Kier alpha value is -2.70. The lowest BCUT2D eigenvalue weighted by atomic mass is 9.80. The smallest absolute Gasteiger partial charge is 0.407 e. The van der Waals surface area contributed by atoms with Gasteiger partial charge in [-0.2, -0.15) is 0 Å². The molecule has 190 valence electrons. The van der Waals surface area contributed by atoms with Crippen LogP contribution in [0.4, 0.5) is 4.79 Å². The number of carbonyl (C=O) groups is 2. The molecule has 2 aromatic rings. The highest BCUT2D eigenvalue weighted by atomic mass is 16.6. The lowest BCUT2D eigenvalue weighted by molar-refractivity contribution is -0.130. The highest BCUT2D eigenvalue weighted by molar-refractivity contribution is 5.84. The van der Waals surface area contributed by atoms with Crippen molar-refractivity contribution in [2.45, 2.75) is 70.6 Å². The summed E-state index contributed by atoms with van der Waals surface area (Å²) in [6, 6.07) is 19.0. The van der Waals surface area contributed by atoms with E-state index in [1.54, 1.807) is 20.8 Å². The number of aliphatic hydroxyl groups excluding tert-OH is 1. The Labute approximate surface area is 209 Å². The van der Waals surface area contributed by atoms with Crippen LogP contribution in [0.3, 0.4) is 0 Å². The van der Waals surface area contributed by atoms with Crippen LogP contribution in [0, 0.1) is 11.8 Å². The minimum absolute atomic E-state index is 0.0592. The maximum Gasteiger partial charge on any atom is 0.407 e. The molecule has 3 atom stereocenters. The van der Waals surface area contributed by atoms with Crippen molar-refractivity contribution in [3.63, 3.8) is 0 Å². The third kappa shape index (κ3) is 9.11. The zero-order chi connectivity index (χ0) is 25.3. The summed E-state index contributed by atoms with van der Waals surface area (Å²) in [6.07, 6.45) is 1.18. The van der Waals surface area contributed by atoms with Gasteiger partial charge in [0.1, 0.15) is 11.4 Å². The molecule has 35 heavy (non-hydrogen) atoms. The van der Waals surface area contributed by atoms with Crippen LogP contribution in [0.25, 0.3) is 0 Å². The number of amides is 1. The molecule has 0 spiro atoms. The number of ether oxygens (including phenoxy) is 2. The van der Waals surface area contributed by atoms with Crippen LogP contribution in [-0.2, 0) is 27.1 Å². The number of ketones is 1. The molecule has 1 amide bonds. The molecule has 6 heteroatoms. The summed E-state index contributed by atoms with van der Waals surface area (Å²) in [5.74, 6) is -0.239. The van der Waals surface area contributed by atoms with Crippen LogP contribution in [0.2, 0.25) is 0 Å². The van der Waals surface area contributed by atoms with E-state index in [0.29, 0.717) is 38.9 Å². The van der Waals surface area contributed by atoms with Crippen molar-refractivity contribution in [1.29, 1.82) is 0 Å². The molecule has 0 saturated carbocycles. The van der Waals surface area contributed by atoms with E-state index in [9.17, 15) is 14.7 Å². The summed E-state index contributed by atoms with van der Waals surface area (Å²) in [6.45, 7) is 6.59. The first kappa shape index (κ1) is 26.9. The first-order valence-corrected chi connectivity index (χ1v) is 12.6. The third-order valence-corrected chi connectivity index (χ3v) is 6.34. The molecule has 1 aliphatic rings. The van der Waals surface area contributed by atoms with Gasteiger partial charge in [0, 0.05) is 25.0 Å². The van der Waals surface area contributed by atoms with E-state index in [-0.39, 0.29) is 24.0 Å². The van der Waals surface area contributed by atoms with E-state index >= 15 is 0 Å². The Morgan fingerprint density at radius 2 is 1.51 bits per heavy atom. The number of carbonyl (C=O) groups excluding carboxylic acids is 2. The third-order valence-electron chi connectivity index (χ3n) is 6.34. The monoisotopic (exact) mass is 481 g/mol.